The lowest BCUT2D eigenvalue weighted by molar-refractivity contribution is -0.119. The summed E-state index contributed by atoms with van der Waals surface area (Å²) in [5.41, 5.74) is 0.645. The quantitative estimate of drug-likeness (QED) is 0.332. The molecule has 1 saturated carbocycles. The van der Waals surface area contributed by atoms with E-state index < -0.39 is 0 Å². The second-order valence-electron chi connectivity index (χ2n) is 6.78. The maximum atomic E-state index is 13.4. The number of benzene rings is 1. The zero-order chi connectivity index (χ0) is 17.6. The molecule has 0 bridgehead atoms. The number of nitrogens with one attached hydrogen (secondary N) is 3. The van der Waals surface area contributed by atoms with Crippen molar-refractivity contribution in [2.45, 2.75) is 45.1 Å². The fourth-order valence-electron chi connectivity index (χ4n) is 2.31. The van der Waals surface area contributed by atoms with Gasteiger partial charge in [0.05, 0.1) is 0 Å². The minimum Gasteiger partial charge on any atom is -0.357 e. The predicted octanol–water partition coefficient (Wildman–Crippen LogP) is 2.56. The number of hydrogen-bond acceptors (Lipinski definition) is 2. The lowest BCUT2D eigenvalue weighted by atomic mass is 9.84. The minimum atomic E-state index is -0.269. The van der Waals surface area contributed by atoms with Gasteiger partial charge in [-0.25, -0.2) is 9.38 Å². The molecule has 0 saturated heterocycles. The highest BCUT2D eigenvalue weighted by atomic mass is 127. The number of halogens is 2. The molecule has 5 nitrogen and oxygen atoms in total. The minimum absolute atomic E-state index is 0. The Morgan fingerprint density at radius 2 is 2.04 bits per heavy atom. The number of carbonyl (C=O) groups excluding carboxylic acids is 1. The molecular weight excluding hydrogens is 434 g/mol. The van der Waals surface area contributed by atoms with Gasteiger partial charge in [-0.05, 0) is 37.5 Å². The van der Waals surface area contributed by atoms with E-state index in [-0.39, 0.29) is 47.7 Å². The van der Waals surface area contributed by atoms with Crippen molar-refractivity contribution < 1.29 is 9.18 Å². The highest BCUT2D eigenvalue weighted by Crippen LogP contribution is 2.22. The molecule has 0 atom stereocenters. The number of aliphatic imine (C=N–C) groups is 1. The summed E-state index contributed by atoms with van der Waals surface area (Å²) < 4.78 is 13.4. The highest BCUT2D eigenvalue weighted by Gasteiger charge is 2.23. The third kappa shape index (κ3) is 7.58. The second kappa shape index (κ2) is 9.94. The molecule has 3 N–H and O–H groups in total. The monoisotopic (exact) mass is 462 g/mol. The van der Waals surface area contributed by atoms with Crippen molar-refractivity contribution in [3.63, 3.8) is 0 Å². The maximum Gasteiger partial charge on any atom is 0.242 e. The SMILES string of the molecule is CCNC(=NCC(=O)NC1CC1)NCC(C)(C)c1cccc(F)c1.I. The van der Waals surface area contributed by atoms with E-state index in [2.05, 4.69) is 20.9 Å². The maximum absolute atomic E-state index is 13.4. The van der Waals surface area contributed by atoms with Crippen LogP contribution in [0, 0.1) is 5.82 Å². The van der Waals surface area contributed by atoms with Crippen LogP contribution < -0.4 is 16.0 Å². The van der Waals surface area contributed by atoms with Crippen LogP contribution in [0.4, 0.5) is 4.39 Å². The van der Waals surface area contributed by atoms with Crippen LogP contribution in [0.1, 0.15) is 39.2 Å². The number of carbonyl (C=O) groups is 1. The Hall–Kier alpha value is -1.38. The van der Waals surface area contributed by atoms with Crippen molar-refractivity contribution in [2.24, 2.45) is 4.99 Å². The Labute approximate surface area is 166 Å². The largest absolute Gasteiger partial charge is 0.357 e. The van der Waals surface area contributed by atoms with Crippen LogP contribution in [0.3, 0.4) is 0 Å². The van der Waals surface area contributed by atoms with Gasteiger partial charge in [0.1, 0.15) is 12.4 Å². The number of guanidine groups is 1. The Morgan fingerprint density at radius 1 is 1.32 bits per heavy atom. The Morgan fingerprint density at radius 3 is 2.64 bits per heavy atom. The first-order chi connectivity index (χ1) is 11.4. The molecule has 1 fully saturated rings. The van der Waals surface area contributed by atoms with Crippen molar-refractivity contribution in [3.05, 3.63) is 35.6 Å². The summed E-state index contributed by atoms with van der Waals surface area (Å²) in [5.74, 6) is 0.296. The van der Waals surface area contributed by atoms with Gasteiger partial charge >= 0.3 is 0 Å². The number of hydrogen-bond donors (Lipinski definition) is 3. The average molecular weight is 462 g/mol. The van der Waals surface area contributed by atoms with Gasteiger partial charge in [-0.2, -0.15) is 0 Å². The van der Waals surface area contributed by atoms with Gasteiger partial charge in [0.25, 0.3) is 0 Å². The summed E-state index contributed by atoms with van der Waals surface area (Å²) >= 11 is 0. The van der Waals surface area contributed by atoms with E-state index in [1.54, 1.807) is 12.1 Å². The van der Waals surface area contributed by atoms with Crippen LogP contribution >= 0.6 is 24.0 Å². The average Bonchev–Trinajstić information content (AvgIpc) is 3.34. The molecule has 1 aliphatic rings. The van der Waals surface area contributed by atoms with E-state index in [1.807, 2.05) is 26.8 Å². The van der Waals surface area contributed by atoms with Gasteiger partial charge in [0.2, 0.25) is 5.91 Å². The molecule has 1 amide bonds. The van der Waals surface area contributed by atoms with Crippen molar-refractivity contribution in [2.75, 3.05) is 19.6 Å². The van der Waals surface area contributed by atoms with Gasteiger partial charge in [-0.15, -0.1) is 24.0 Å². The highest BCUT2D eigenvalue weighted by molar-refractivity contribution is 14.0. The predicted molar refractivity (Wildman–Crippen MR) is 110 cm³/mol. The van der Waals surface area contributed by atoms with Crippen LogP contribution in [-0.2, 0) is 10.2 Å². The van der Waals surface area contributed by atoms with Crippen molar-refractivity contribution in [1.29, 1.82) is 0 Å². The Kier molecular flexibility index (Phi) is 8.61. The van der Waals surface area contributed by atoms with Gasteiger partial charge in [-0.3, -0.25) is 4.79 Å². The van der Waals surface area contributed by atoms with E-state index in [4.69, 9.17) is 0 Å². The molecule has 7 heteroatoms. The van der Waals surface area contributed by atoms with Gasteiger partial charge in [-0.1, -0.05) is 26.0 Å². The van der Waals surface area contributed by atoms with E-state index in [9.17, 15) is 9.18 Å². The molecule has 0 spiro atoms. The Bertz CT molecular complexity index is 602. The summed E-state index contributed by atoms with van der Waals surface area (Å²) in [7, 11) is 0. The lowest BCUT2D eigenvalue weighted by Crippen LogP contribution is -2.44. The lowest BCUT2D eigenvalue weighted by Gasteiger charge is -2.26. The van der Waals surface area contributed by atoms with Gasteiger partial charge < -0.3 is 16.0 Å². The molecule has 0 aliphatic heterocycles. The first kappa shape index (κ1) is 21.7. The molecule has 1 aromatic rings. The summed E-state index contributed by atoms with van der Waals surface area (Å²) in [6, 6.07) is 6.97. The second-order valence-corrected chi connectivity index (χ2v) is 6.78. The molecule has 25 heavy (non-hydrogen) atoms. The number of rotatable bonds is 7. The molecule has 2 rings (SSSR count). The molecule has 0 aromatic heterocycles. The number of nitrogens with zero attached hydrogens (tertiary/aromatic N) is 1. The van der Waals surface area contributed by atoms with E-state index >= 15 is 0 Å². The summed E-state index contributed by atoms with van der Waals surface area (Å²) in [6.07, 6.45) is 2.13. The zero-order valence-electron chi connectivity index (χ0n) is 15.1. The summed E-state index contributed by atoms with van der Waals surface area (Å²) in [4.78, 5) is 16.1. The van der Waals surface area contributed by atoms with Gasteiger partial charge in [0.15, 0.2) is 5.96 Å². The standard InChI is InChI=1S/C18H27FN4O.HI/c1-4-20-17(21-11-16(24)23-15-8-9-15)22-12-18(2,3)13-6-5-7-14(19)10-13;/h5-7,10,15H,4,8-9,11-12H2,1-3H3,(H,23,24)(H2,20,21,22);1H. The van der Waals surface area contributed by atoms with E-state index in [0.717, 1.165) is 18.4 Å². The molecule has 0 radical (unpaired) electrons. The molecule has 0 heterocycles. The van der Waals surface area contributed by atoms with Crippen molar-refractivity contribution in [3.8, 4) is 0 Å². The zero-order valence-corrected chi connectivity index (χ0v) is 17.4. The summed E-state index contributed by atoms with van der Waals surface area (Å²) in [5, 5.41) is 9.28. The van der Waals surface area contributed by atoms with E-state index in [0.29, 0.717) is 25.1 Å². The van der Waals surface area contributed by atoms with Crippen molar-refractivity contribution >= 4 is 35.8 Å². The fraction of sp³-hybridized carbons (Fsp3) is 0.556. The molecular formula is C18H28FIN4O. The number of amides is 1. The normalized spacial score (nSPS) is 14.5. The third-order valence-corrected chi connectivity index (χ3v) is 3.97. The van der Waals surface area contributed by atoms with Crippen LogP contribution in [0.2, 0.25) is 0 Å². The van der Waals surface area contributed by atoms with Crippen molar-refractivity contribution in [1.82, 2.24) is 16.0 Å². The van der Waals surface area contributed by atoms with Gasteiger partial charge in [0, 0.05) is 24.5 Å². The Balaban J connectivity index is 0.00000312. The third-order valence-electron chi connectivity index (χ3n) is 3.97. The molecule has 0 unspecified atom stereocenters. The van der Waals surface area contributed by atoms with Crippen LogP contribution in [-0.4, -0.2) is 37.5 Å². The van der Waals surface area contributed by atoms with Crippen LogP contribution in [0.5, 0.6) is 0 Å². The molecule has 1 aromatic carbocycles. The topological polar surface area (TPSA) is 65.5 Å². The first-order valence-corrected chi connectivity index (χ1v) is 8.48. The van der Waals surface area contributed by atoms with E-state index in [1.165, 1.54) is 6.07 Å². The first-order valence-electron chi connectivity index (χ1n) is 8.48. The fourth-order valence-corrected chi connectivity index (χ4v) is 2.31. The summed E-state index contributed by atoms with van der Waals surface area (Å²) in [6.45, 7) is 7.44. The van der Waals surface area contributed by atoms with Crippen LogP contribution in [0.15, 0.2) is 29.3 Å². The van der Waals surface area contributed by atoms with Crippen LogP contribution in [0.25, 0.3) is 0 Å². The molecule has 140 valence electrons. The smallest absolute Gasteiger partial charge is 0.242 e. The molecule has 1 aliphatic carbocycles.